The van der Waals surface area contributed by atoms with Crippen LogP contribution in [0.5, 0.6) is 0 Å². The van der Waals surface area contributed by atoms with Gasteiger partial charge in [0, 0.05) is 50.7 Å². The lowest BCUT2D eigenvalue weighted by Crippen LogP contribution is -2.57. The van der Waals surface area contributed by atoms with Gasteiger partial charge in [-0.25, -0.2) is 22.0 Å². The first-order valence-corrected chi connectivity index (χ1v) is 20.3. The van der Waals surface area contributed by atoms with E-state index in [0.29, 0.717) is 51.6 Å². The fourth-order valence-corrected chi connectivity index (χ4v) is 9.50. The van der Waals surface area contributed by atoms with Crippen molar-refractivity contribution in [3.63, 3.8) is 0 Å². The molecular weight excluding hydrogens is 712 g/mol. The number of amides is 5. The van der Waals surface area contributed by atoms with Gasteiger partial charge >= 0.3 is 6.09 Å². The summed E-state index contributed by atoms with van der Waals surface area (Å²) in [4.78, 5) is 73.0. The smallest absolute Gasteiger partial charge is 0.410 e. The first-order valence-electron chi connectivity index (χ1n) is 18.8. The maximum Gasteiger partial charge on any atom is 0.410 e. The first kappa shape index (κ1) is 37.2. The highest BCUT2D eigenvalue weighted by Gasteiger charge is 2.62. The summed E-state index contributed by atoms with van der Waals surface area (Å²) in [6.07, 6.45) is 5.99. The second-order valence-corrected chi connectivity index (χ2v) is 17.5. The molecular formula is C37H47F2N5O8S. The molecule has 4 heterocycles. The molecule has 13 nitrogen and oxygen atoms in total. The molecule has 4 fully saturated rings. The van der Waals surface area contributed by atoms with Gasteiger partial charge in [0.2, 0.25) is 27.7 Å². The van der Waals surface area contributed by atoms with E-state index in [2.05, 4.69) is 10.0 Å². The SMILES string of the molecule is O=C1N[C@]2(C(=O)NS(=O)(=O)C3CC3)C[C@H]2/C=C\CCCCC[C@H](CC(=O)N2CCC(F)(F)C2)C(=O)N2C[C@H](OC(=O)N3CCc4ccccc4C3)C[C@@H]12. The summed E-state index contributed by atoms with van der Waals surface area (Å²) in [6, 6.07) is 6.57. The number of sulfonamides is 1. The molecule has 0 radical (unpaired) electrons. The quantitative estimate of drug-likeness (QED) is 0.419. The lowest BCUT2D eigenvalue weighted by atomic mass is 9.94. The van der Waals surface area contributed by atoms with Crippen molar-refractivity contribution in [2.24, 2.45) is 11.8 Å². The minimum atomic E-state index is -3.93. The Bertz CT molecular complexity index is 1790. The number of allylic oxidation sites excluding steroid dienone is 1. The van der Waals surface area contributed by atoms with Crippen LogP contribution in [0.2, 0.25) is 0 Å². The number of carbonyl (C=O) groups is 5. The molecule has 1 aromatic rings. The van der Waals surface area contributed by atoms with Crippen LogP contribution in [0.15, 0.2) is 36.4 Å². The van der Waals surface area contributed by atoms with Crippen LogP contribution in [0, 0.1) is 11.8 Å². The van der Waals surface area contributed by atoms with E-state index in [-0.39, 0.29) is 38.8 Å². The van der Waals surface area contributed by atoms with Gasteiger partial charge in [0.1, 0.15) is 17.7 Å². The minimum absolute atomic E-state index is 0.0919. The Morgan fingerprint density at radius 1 is 1.00 bits per heavy atom. The van der Waals surface area contributed by atoms with Crippen molar-refractivity contribution in [2.45, 2.75) is 112 Å². The first-order chi connectivity index (χ1) is 25.2. The third kappa shape index (κ3) is 8.21. The maximum atomic E-state index is 14.4. The molecule has 5 amide bonds. The average molecular weight is 760 g/mol. The molecule has 2 saturated carbocycles. The number of nitrogens with zero attached hydrogens (tertiary/aromatic N) is 3. The standard InChI is InChI=1S/C37H47F2N5O8S/c38-36(39)15-17-43(23-36)31(45)18-25-9-4-2-1-3-5-11-27-20-37(27,34(48)41-53(50,51)29-12-13-29)40-32(46)30-19-28(22-44(30)33(25)47)52-35(49)42-16-14-24-8-6-7-10-26(24)21-42/h5-8,10-11,25,27-30H,1-4,9,12-23H2,(H,40,46)(H,41,48)/b11-5-/t25-,27-,28-,30+,37-/m1/s1. The van der Waals surface area contributed by atoms with Crippen LogP contribution in [0.25, 0.3) is 0 Å². The number of halogens is 2. The largest absolute Gasteiger partial charge is 0.444 e. The van der Waals surface area contributed by atoms with Crippen molar-refractivity contribution in [3.8, 4) is 0 Å². The van der Waals surface area contributed by atoms with Gasteiger partial charge in [-0.3, -0.25) is 23.9 Å². The molecule has 6 aliphatic rings. The lowest BCUT2D eigenvalue weighted by Gasteiger charge is -2.30. The van der Waals surface area contributed by atoms with E-state index in [1.54, 1.807) is 4.90 Å². The van der Waals surface area contributed by atoms with E-state index < -0.39 is 93.4 Å². The van der Waals surface area contributed by atoms with E-state index in [1.807, 2.05) is 36.4 Å². The van der Waals surface area contributed by atoms with E-state index in [1.165, 1.54) is 4.90 Å². The third-order valence-corrected chi connectivity index (χ3v) is 13.4. The Morgan fingerprint density at radius 2 is 1.77 bits per heavy atom. The van der Waals surface area contributed by atoms with Gasteiger partial charge in [-0.1, -0.05) is 49.3 Å². The molecule has 0 aromatic heterocycles. The van der Waals surface area contributed by atoms with E-state index >= 15 is 0 Å². The number of ether oxygens (including phenoxy) is 1. The second kappa shape index (κ2) is 14.6. The number of rotatable bonds is 6. The molecule has 5 atom stereocenters. The molecule has 0 bridgehead atoms. The zero-order chi connectivity index (χ0) is 37.5. The topological polar surface area (TPSA) is 162 Å². The summed E-state index contributed by atoms with van der Waals surface area (Å²) in [5.74, 6) is -7.05. The Hall–Kier alpha value is -4.08. The molecule has 7 rings (SSSR count). The highest BCUT2D eigenvalue weighted by molar-refractivity contribution is 7.91. The number of benzene rings is 1. The van der Waals surface area contributed by atoms with Crippen molar-refractivity contribution in [2.75, 3.05) is 26.2 Å². The second-order valence-electron chi connectivity index (χ2n) is 15.5. The number of hydrogen-bond acceptors (Lipinski definition) is 8. The van der Waals surface area contributed by atoms with Gasteiger partial charge in [-0.05, 0) is 56.1 Å². The van der Waals surface area contributed by atoms with Gasteiger partial charge in [0.05, 0.1) is 18.3 Å². The summed E-state index contributed by atoms with van der Waals surface area (Å²) < 4.78 is 61.7. The maximum absolute atomic E-state index is 14.4. The zero-order valence-electron chi connectivity index (χ0n) is 29.6. The van der Waals surface area contributed by atoms with Gasteiger partial charge in [-0.2, -0.15) is 0 Å². The summed E-state index contributed by atoms with van der Waals surface area (Å²) in [5.41, 5.74) is 0.574. The van der Waals surface area contributed by atoms with Crippen LogP contribution >= 0.6 is 0 Å². The Morgan fingerprint density at radius 3 is 2.51 bits per heavy atom. The van der Waals surface area contributed by atoms with Crippen LogP contribution in [0.3, 0.4) is 0 Å². The predicted octanol–water partition coefficient (Wildman–Crippen LogP) is 3.03. The number of carbonyl (C=O) groups excluding carboxylic acids is 5. The van der Waals surface area contributed by atoms with Crippen LogP contribution in [-0.2, 0) is 46.9 Å². The van der Waals surface area contributed by atoms with Crippen LogP contribution in [-0.4, -0.2) is 108 Å². The van der Waals surface area contributed by atoms with E-state index in [9.17, 15) is 41.2 Å². The Balaban J connectivity index is 1.13. The third-order valence-electron chi connectivity index (χ3n) is 11.6. The normalized spacial score (nSPS) is 30.9. The number of hydrogen-bond donors (Lipinski definition) is 2. The summed E-state index contributed by atoms with van der Waals surface area (Å²) >= 11 is 0. The van der Waals surface area contributed by atoms with Crippen molar-refractivity contribution < 1.29 is 45.9 Å². The monoisotopic (exact) mass is 759 g/mol. The molecule has 1 aromatic carbocycles. The Kier molecular flexibility index (Phi) is 10.3. The minimum Gasteiger partial charge on any atom is -0.444 e. The number of fused-ring (bicyclic) bond motifs is 3. The molecule has 288 valence electrons. The molecule has 2 aliphatic carbocycles. The molecule has 4 aliphatic heterocycles. The summed E-state index contributed by atoms with van der Waals surface area (Å²) in [5, 5.41) is 2.14. The molecule has 53 heavy (non-hydrogen) atoms. The van der Waals surface area contributed by atoms with Crippen LogP contribution < -0.4 is 10.0 Å². The summed E-state index contributed by atoms with van der Waals surface area (Å²) in [7, 11) is -3.93. The fraction of sp³-hybridized carbons (Fsp3) is 0.649. The van der Waals surface area contributed by atoms with Crippen molar-refractivity contribution in [1.29, 1.82) is 0 Å². The molecule has 0 unspecified atom stereocenters. The number of alkyl halides is 2. The number of nitrogens with one attached hydrogen (secondary N) is 2. The van der Waals surface area contributed by atoms with Gasteiger partial charge in [0.25, 0.3) is 11.8 Å². The van der Waals surface area contributed by atoms with Gasteiger partial charge in [0.15, 0.2) is 0 Å². The lowest BCUT2D eigenvalue weighted by molar-refractivity contribution is -0.145. The van der Waals surface area contributed by atoms with Gasteiger partial charge < -0.3 is 24.8 Å². The molecule has 2 saturated heterocycles. The average Bonchev–Trinajstić information content (AvgIpc) is 4.02. The van der Waals surface area contributed by atoms with Gasteiger partial charge in [-0.15, -0.1) is 0 Å². The fourth-order valence-electron chi connectivity index (χ4n) is 8.14. The van der Waals surface area contributed by atoms with Crippen LogP contribution in [0.4, 0.5) is 13.6 Å². The molecule has 16 heteroatoms. The number of likely N-dealkylation sites (tertiary alicyclic amines) is 1. The highest BCUT2D eigenvalue weighted by atomic mass is 32.2. The van der Waals surface area contributed by atoms with Crippen molar-refractivity contribution in [1.82, 2.24) is 24.7 Å². The summed E-state index contributed by atoms with van der Waals surface area (Å²) in [6.45, 7) is -0.225. The van der Waals surface area contributed by atoms with Crippen LogP contribution in [0.1, 0.15) is 81.8 Å². The Labute approximate surface area is 307 Å². The van der Waals surface area contributed by atoms with E-state index in [4.69, 9.17) is 4.74 Å². The zero-order valence-corrected chi connectivity index (χ0v) is 30.5. The molecule has 2 N–H and O–H groups in total. The van der Waals surface area contributed by atoms with Crippen molar-refractivity contribution in [3.05, 3.63) is 47.5 Å². The predicted molar refractivity (Wildman–Crippen MR) is 186 cm³/mol. The van der Waals surface area contributed by atoms with Crippen molar-refractivity contribution >= 4 is 39.7 Å². The van der Waals surface area contributed by atoms with E-state index in [0.717, 1.165) is 22.4 Å². The molecule has 0 spiro atoms. The highest BCUT2D eigenvalue weighted by Crippen LogP contribution is 2.46.